The van der Waals surface area contributed by atoms with Gasteiger partial charge in [-0.25, -0.2) is 4.98 Å². The van der Waals surface area contributed by atoms with Crippen LogP contribution < -0.4 is 15.5 Å². The lowest BCUT2D eigenvalue weighted by atomic mass is 9.92. The third-order valence-corrected chi connectivity index (χ3v) is 7.48. The van der Waals surface area contributed by atoms with Gasteiger partial charge in [0.1, 0.15) is 5.82 Å². The lowest BCUT2D eigenvalue weighted by Crippen LogP contribution is -2.49. The zero-order valence-electron chi connectivity index (χ0n) is 22.4. The minimum atomic E-state index is 0.158. The van der Waals surface area contributed by atoms with E-state index in [1.165, 1.54) is 44.5 Å². The second-order valence-corrected chi connectivity index (χ2v) is 11.2. The van der Waals surface area contributed by atoms with Gasteiger partial charge in [0.2, 0.25) is 0 Å². The highest BCUT2D eigenvalue weighted by molar-refractivity contribution is 5.99. The van der Waals surface area contributed by atoms with Crippen molar-refractivity contribution in [1.29, 1.82) is 0 Å². The molecule has 0 amide bonds. The Morgan fingerprint density at radius 3 is 2.12 bits per heavy atom. The first-order valence-electron chi connectivity index (χ1n) is 12.8. The van der Waals surface area contributed by atoms with E-state index in [0.717, 1.165) is 43.8 Å². The maximum Gasteiger partial charge on any atom is 0.129 e. The van der Waals surface area contributed by atoms with Crippen LogP contribution in [0.2, 0.25) is 0 Å². The van der Waals surface area contributed by atoms with Crippen molar-refractivity contribution < 1.29 is 0 Å². The Kier molecular flexibility index (Phi) is 6.91. The molecule has 3 aromatic rings. The predicted octanol–water partition coefficient (Wildman–Crippen LogP) is 6.75. The van der Waals surface area contributed by atoms with Gasteiger partial charge in [-0.1, -0.05) is 29.8 Å². The molecule has 4 nitrogen and oxygen atoms in total. The van der Waals surface area contributed by atoms with Crippen molar-refractivity contribution in [3.05, 3.63) is 63.7 Å². The van der Waals surface area contributed by atoms with Crippen LogP contribution in [-0.2, 0) is 6.54 Å². The Labute approximate surface area is 206 Å². The number of hydrogen-bond donors (Lipinski definition) is 2. The van der Waals surface area contributed by atoms with Crippen LogP contribution in [0, 0.1) is 34.6 Å². The summed E-state index contributed by atoms with van der Waals surface area (Å²) < 4.78 is 0. The van der Waals surface area contributed by atoms with Gasteiger partial charge in [-0.2, -0.15) is 0 Å². The zero-order valence-corrected chi connectivity index (χ0v) is 22.4. The number of benzene rings is 2. The fraction of sp³-hybridized carbons (Fsp3) is 0.500. The van der Waals surface area contributed by atoms with Crippen LogP contribution in [0.4, 0.5) is 11.5 Å². The average Bonchev–Trinajstić information content (AvgIpc) is 2.80. The van der Waals surface area contributed by atoms with Crippen molar-refractivity contribution in [2.75, 3.05) is 23.3 Å². The van der Waals surface area contributed by atoms with Gasteiger partial charge < -0.3 is 15.5 Å². The van der Waals surface area contributed by atoms with E-state index in [1.807, 2.05) is 0 Å². The molecule has 1 aliphatic rings. The summed E-state index contributed by atoms with van der Waals surface area (Å²) >= 11 is 0. The number of pyridine rings is 1. The lowest BCUT2D eigenvalue weighted by Gasteiger charge is -2.38. The number of piperidine rings is 1. The van der Waals surface area contributed by atoms with Gasteiger partial charge in [0.15, 0.2) is 0 Å². The van der Waals surface area contributed by atoms with Crippen molar-refractivity contribution in [2.24, 2.45) is 0 Å². The number of fused-ring (bicyclic) bond motifs is 1. The molecule has 2 aromatic carbocycles. The fourth-order valence-corrected chi connectivity index (χ4v) is 5.22. The number of nitrogens with zero attached hydrogens (tertiary/aromatic N) is 2. The molecular weight excluding hydrogens is 416 g/mol. The van der Waals surface area contributed by atoms with Crippen molar-refractivity contribution in [2.45, 2.75) is 86.4 Å². The molecule has 0 bridgehead atoms. The van der Waals surface area contributed by atoms with Gasteiger partial charge in [0.25, 0.3) is 0 Å². The number of nitrogens with one attached hydrogen (secondary N) is 2. The lowest BCUT2D eigenvalue weighted by molar-refractivity contribution is 0.317. The van der Waals surface area contributed by atoms with Crippen LogP contribution in [0.3, 0.4) is 0 Å². The van der Waals surface area contributed by atoms with Crippen LogP contribution in [-0.4, -0.2) is 29.7 Å². The number of aromatic nitrogens is 1. The number of aryl methyl sites for hydroxylation is 3. The second kappa shape index (κ2) is 9.58. The van der Waals surface area contributed by atoms with Crippen molar-refractivity contribution in [1.82, 2.24) is 10.3 Å². The minimum Gasteiger partial charge on any atom is -0.371 e. The molecule has 4 rings (SSSR count). The number of anilines is 2. The van der Waals surface area contributed by atoms with E-state index >= 15 is 0 Å². The maximum atomic E-state index is 5.14. The molecule has 2 heterocycles. The summed E-state index contributed by atoms with van der Waals surface area (Å²) in [6, 6.07) is 11.6. The zero-order chi connectivity index (χ0) is 24.6. The summed E-state index contributed by atoms with van der Waals surface area (Å²) in [5, 5.41) is 8.75. The van der Waals surface area contributed by atoms with E-state index in [-0.39, 0.29) is 5.54 Å². The van der Waals surface area contributed by atoms with Gasteiger partial charge in [-0.15, -0.1) is 0 Å². The average molecular weight is 459 g/mol. The molecule has 1 aliphatic heterocycles. The van der Waals surface area contributed by atoms with E-state index in [2.05, 4.69) is 101 Å². The monoisotopic (exact) mass is 458 g/mol. The van der Waals surface area contributed by atoms with Crippen LogP contribution in [0.5, 0.6) is 0 Å². The summed E-state index contributed by atoms with van der Waals surface area (Å²) in [7, 11) is 0. The molecule has 0 saturated carbocycles. The first-order valence-corrected chi connectivity index (χ1v) is 12.8. The third kappa shape index (κ3) is 5.22. The van der Waals surface area contributed by atoms with Crippen LogP contribution in [0.1, 0.15) is 67.0 Å². The summed E-state index contributed by atoms with van der Waals surface area (Å²) in [5.41, 5.74) is 10.6. The SMILES string of the molecule is Cc1ccc(CNc2cc(N3CCC(NC(C)(C)C)CC3)c3c(C)c(C)c(C)c(C)c3n2)cc1. The Hall–Kier alpha value is -2.59. The molecule has 1 aromatic heterocycles. The van der Waals surface area contributed by atoms with Gasteiger partial charge in [0.05, 0.1) is 11.2 Å². The molecule has 0 unspecified atom stereocenters. The van der Waals surface area contributed by atoms with E-state index in [9.17, 15) is 0 Å². The Morgan fingerprint density at radius 1 is 0.882 bits per heavy atom. The molecule has 2 N–H and O–H groups in total. The van der Waals surface area contributed by atoms with Crippen molar-refractivity contribution in [3.8, 4) is 0 Å². The summed E-state index contributed by atoms with van der Waals surface area (Å²) in [6.45, 7) is 20.8. The summed E-state index contributed by atoms with van der Waals surface area (Å²) in [4.78, 5) is 7.73. The first kappa shape index (κ1) is 24.5. The Morgan fingerprint density at radius 2 is 1.50 bits per heavy atom. The molecule has 34 heavy (non-hydrogen) atoms. The predicted molar refractivity (Wildman–Crippen MR) is 147 cm³/mol. The normalized spacial score (nSPS) is 15.2. The summed E-state index contributed by atoms with van der Waals surface area (Å²) in [6.07, 6.45) is 2.33. The number of rotatable bonds is 5. The highest BCUT2D eigenvalue weighted by Gasteiger charge is 2.25. The molecule has 1 saturated heterocycles. The molecule has 0 radical (unpaired) electrons. The topological polar surface area (TPSA) is 40.2 Å². The van der Waals surface area contributed by atoms with Crippen molar-refractivity contribution in [3.63, 3.8) is 0 Å². The van der Waals surface area contributed by atoms with E-state index in [0.29, 0.717) is 6.04 Å². The van der Waals surface area contributed by atoms with Gasteiger partial charge in [-0.05, 0) is 96.0 Å². The van der Waals surface area contributed by atoms with E-state index in [4.69, 9.17) is 4.98 Å². The molecule has 0 atom stereocenters. The van der Waals surface area contributed by atoms with Crippen LogP contribution in [0.15, 0.2) is 30.3 Å². The molecule has 1 fully saturated rings. The first-order chi connectivity index (χ1) is 16.0. The molecule has 182 valence electrons. The third-order valence-electron chi connectivity index (χ3n) is 7.48. The van der Waals surface area contributed by atoms with E-state index < -0.39 is 0 Å². The molecule has 4 heteroatoms. The Bertz CT molecular complexity index is 1160. The fourth-order valence-electron chi connectivity index (χ4n) is 5.22. The van der Waals surface area contributed by atoms with Gasteiger partial charge >= 0.3 is 0 Å². The second-order valence-electron chi connectivity index (χ2n) is 11.2. The van der Waals surface area contributed by atoms with Gasteiger partial charge in [-0.3, -0.25) is 0 Å². The molecule has 0 aliphatic carbocycles. The summed E-state index contributed by atoms with van der Waals surface area (Å²) in [5.74, 6) is 0.962. The molecular formula is C30H42N4. The minimum absolute atomic E-state index is 0.158. The highest BCUT2D eigenvalue weighted by atomic mass is 15.2. The van der Waals surface area contributed by atoms with Crippen LogP contribution >= 0.6 is 0 Å². The standard InChI is InChI=1S/C30H42N4/c1-19-9-11-24(12-10-19)18-31-27-17-26(34-15-13-25(14-16-34)33-30(6,7)8)28-22(4)20(2)21(3)23(5)29(28)32-27/h9-12,17,25,33H,13-16,18H2,1-8H3,(H,31,32). The Balaban J connectivity index is 1.69. The highest BCUT2D eigenvalue weighted by Crippen LogP contribution is 2.37. The largest absolute Gasteiger partial charge is 0.371 e. The maximum absolute atomic E-state index is 5.14. The quantitative estimate of drug-likeness (QED) is 0.444. The molecule has 0 spiro atoms. The van der Waals surface area contributed by atoms with E-state index in [1.54, 1.807) is 0 Å². The van der Waals surface area contributed by atoms with Gasteiger partial charge in [0, 0.05) is 42.7 Å². The van der Waals surface area contributed by atoms with Crippen molar-refractivity contribution >= 4 is 22.4 Å². The van der Waals surface area contributed by atoms with Crippen LogP contribution in [0.25, 0.3) is 10.9 Å². The smallest absolute Gasteiger partial charge is 0.129 e. The number of hydrogen-bond acceptors (Lipinski definition) is 4.